The van der Waals surface area contributed by atoms with Crippen LogP contribution >= 0.6 is 11.8 Å². The number of phenols is 1. The largest absolute Gasteiger partial charge is 0.508 e. The number of thioether (sulfide) groups is 1. The molecule has 5 heteroatoms. The Balaban J connectivity index is 1.40. The van der Waals surface area contributed by atoms with Crippen LogP contribution in [0.15, 0.2) is 53.4 Å². The Hall–Kier alpha value is -1.56. The summed E-state index contributed by atoms with van der Waals surface area (Å²) in [4.78, 5) is 3.49. The number of rotatable bonds is 6. The van der Waals surface area contributed by atoms with Crippen molar-refractivity contribution in [3.05, 3.63) is 59.9 Å². The van der Waals surface area contributed by atoms with Gasteiger partial charge in [-0.1, -0.05) is 12.1 Å². The molecule has 2 aromatic carbocycles. The summed E-state index contributed by atoms with van der Waals surface area (Å²) >= 11 is 1.75. The minimum absolute atomic E-state index is 0.196. The fourth-order valence-corrected chi connectivity index (χ4v) is 4.05. The first-order valence-corrected chi connectivity index (χ1v) is 9.66. The molecule has 0 amide bonds. The van der Waals surface area contributed by atoms with E-state index in [1.165, 1.54) is 12.1 Å². The maximum Gasteiger partial charge on any atom is 0.123 e. The molecular formula is C20H24FNO2S. The highest BCUT2D eigenvalue weighted by molar-refractivity contribution is 7.99. The highest BCUT2D eigenvalue weighted by Crippen LogP contribution is 2.33. The fourth-order valence-electron chi connectivity index (χ4n) is 3.22. The standard InChI is InChI=1S/C20H24FNO2S/c21-17-4-8-19(9-5-17)25-15-1-12-22-13-10-20(24,11-14-22)16-2-6-18(23)7-3-16/h2-9,23-24H,1,10-15H2. The van der Waals surface area contributed by atoms with Crippen LogP contribution in [0.25, 0.3) is 0 Å². The number of benzene rings is 2. The molecule has 1 fully saturated rings. The van der Waals surface area contributed by atoms with Crippen molar-refractivity contribution in [3.8, 4) is 5.75 Å². The maximum absolute atomic E-state index is 12.9. The molecule has 1 saturated heterocycles. The summed E-state index contributed by atoms with van der Waals surface area (Å²) in [5.74, 6) is 1.03. The predicted molar refractivity (Wildman–Crippen MR) is 99.4 cm³/mol. The van der Waals surface area contributed by atoms with E-state index in [9.17, 15) is 14.6 Å². The van der Waals surface area contributed by atoms with Crippen molar-refractivity contribution in [3.63, 3.8) is 0 Å². The van der Waals surface area contributed by atoms with E-state index in [4.69, 9.17) is 0 Å². The second kappa shape index (κ2) is 8.21. The summed E-state index contributed by atoms with van der Waals surface area (Å²) in [5.41, 5.74) is 0.101. The summed E-state index contributed by atoms with van der Waals surface area (Å²) < 4.78 is 12.9. The Kier molecular flexibility index (Phi) is 5.99. The lowest BCUT2D eigenvalue weighted by atomic mass is 9.84. The van der Waals surface area contributed by atoms with Gasteiger partial charge in [-0.15, -0.1) is 11.8 Å². The number of aliphatic hydroxyl groups is 1. The van der Waals surface area contributed by atoms with E-state index in [-0.39, 0.29) is 11.6 Å². The number of hydrogen-bond acceptors (Lipinski definition) is 4. The van der Waals surface area contributed by atoms with E-state index < -0.39 is 5.60 Å². The Bertz CT molecular complexity index is 667. The van der Waals surface area contributed by atoms with Crippen molar-refractivity contribution in [2.75, 3.05) is 25.4 Å². The Morgan fingerprint density at radius 3 is 2.28 bits per heavy atom. The zero-order chi connectivity index (χ0) is 17.7. The molecule has 134 valence electrons. The van der Waals surface area contributed by atoms with Crippen LogP contribution < -0.4 is 0 Å². The first-order chi connectivity index (χ1) is 12.0. The predicted octanol–water partition coefficient (Wildman–Crippen LogP) is 4.00. The summed E-state index contributed by atoms with van der Waals surface area (Å²) in [6.45, 7) is 2.76. The SMILES string of the molecule is Oc1ccc(C2(O)CCN(CCCSc3ccc(F)cc3)CC2)cc1. The van der Waals surface area contributed by atoms with Gasteiger partial charge in [0.05, 0.1) is 5.60 Å². The molecule has 0 saturated carbocycles. The van der Waals surface area contributed by atoms with Gasteiger partial charge in [-0.3, -0.25) is 0 Å². The molecule has 0 spiro atoms. The lowest BCUT2D eigenvalue weighted by molar-refractivity contribution is -0.0257. The van der Waals surface area contributed by atoms with Crippen LogP contribution in [0.4, 0.5) is 4.39 Å². The van der Waals surface area contributed by atoms with Crippen LogP contribution in [0.3, 0.4) is 0 Å². The summed E-state index contributed by atoms with van der Waals surface area (Å²) in [5, 5.41) is 20.2. The molecule has 3 rings (SSSR count). The van der Waals surface area contributed by atoms with Gasteiger partial charge in [0, 0.05) is 18.0 Å². The van der Waals surface area contributed by atoms with Crippen molar-refractivity contribution in [1.29, 1.82) is 0 Å². The van der Waals surface area contributed by atoms with Crippen molar-refractivity contribution in [2.24, 2.45) is 0 Å². The van der Waals surface area contributed by atoms with Crippen LogP contribution in [0.2, 0.25) is 0 Å². The first-order valence-electron chi connectivity index (χ1n) is 8.68. The van der Waals surface area contributed by atoms with Crippen LogP contribution in [-0.2, 0) is 5.60 Å². The first kappa shape index (κ1) is 18.2. The van der Waals surface area contributed by atoms with Gasteiger partial charge < -0.3 is 15.1 Å². The topological polar surface area (TPSA) is 43.7 Å². The third kappa shape index (κ3) is 4.97. The monoisotopic (exact) mass is 361 g/mol. The van der Waals surface area contributed by atoms with Crippen LogP contribution in [-0.4, -0.2) is 40.5 Å². The normalized spacial score (nSPS) is 17.5. The molecule has 0 aromatic heterocycles. The number of phenolic OH excluding ortho intramolecular Hbond substituents is 1. The molecule has 1 heterocycles. The number of aromatic hydroxyl groups is 1. The molecule has 0 radical (unpaired) electrons. The second-order valence-corrected chi connectivity index (χ2v) is 7.74. The zero-order valence-corrected chi connectivity index (χ0v) is 15.0. The Labute approximate surface area is 152 Å². The lowest BCUT2D eigenvalue weighted by Crippen LogP contribution is -2.42. The van der Waals surface area contributed by atoms with Gasteiger partial charge in [-0.05, 0) is 73.5 Å². The van der Waals surface area contributed by atoms with Crippen LogP contribution in [0.5, 0.6) is 5.75 Å². The van der Waals surface area contributed by atoms with Crippen molar-refractivity contribution in [2.45, 2.75) is 29.8 Å². The third-order valence-corrected chi connectivity index (χ3v) is 5.89. The number of piperidine rings is 1. The van der Waals surface area contributed by atoms with E-state index in [1.54, 1.807) is 23.9 Å². The fraction of sp³-hybridized carbons (Fsp3) is 0.400. The maximum atomic E-state index is 12.9. The smallest absolute Gasteiger partial charge is 0.123 e. The van der Waals surface area contributed by atoms with E-state index in [2.05, 4.69) is 4.90 Å². The molecule has 0 aliphatic carbocycles. The van der Waals surface area contributed by atoms with Crippen LogP contribution in [0, 0.1) is 5.82 Å². The van der Waals surface area contributed by atoms with E-state index in [0.717, 1.165) is 42.3 Å². The average Bonchev–Trinajstić information content (AvgIpc) is 2.62. The second-order valence-electron chi connectivity index (χ2n) is 6.58. The number of likely N-dealkylation sites (tertiary alicyclic amines) is 1. The van der Waals surface area contributed by atoms with Gasteiger partial charge in [0.2, 0.25) is 0 Å². The van der Waals surface area contributed by atoms with Crippen molar-refractivity contribution in [1.82, 2.24) is 4.90 Å². The number of nitrogens with zero attached hydrogens (tertiary/aromatic N) is 1. The summed E-state index contributed by atoms with van der Waals surface area (Å²) in [7, 11) is 0. The molecule has 0 atom stereocenters. The molecule has 0 bridgehead atoms. The van der Waals surface area contributed by atoms with Crippen molar-refractivity contribution >= 4 is 11.8 Å². The molecule has 2 N–H and O–H groups in total. The quantitative estimate of drug-likeness (QED) is 0.603. The molecule has 1 aliphatic heterocycles. The minimum atomic E-state index is -0.785. The van der Waals surface area contributed by atoms with Gasteiger partial charge in [0.15, 0.2) is 0 Å². The molecule has 25 heavy (non-hydrogen) atoms. The van der Waals surface area contributed by atoms with Crippen LogP contribution in [0.1, 0.15) is 24.8 Å². The summed E-state index contributed by atoms with van der Waals surface area (Å²) in [6, 6.07) is 13.5. The van der Waals surface area contributed by atoms with E-state index in [1.807, 2.05) is 24.3 Å². The van der Waals surface area contributed by atoms with Crippen molar-refractivity contribution < 1.29 is 14.6 Å². The molecule has 3 nitrogen and oxygen atoms in total. The van der Waals surface area contributed by atoms with Gasteiger partial charge in [0.25, 0.3) is 0 Å². The molecule has 2 aromatic rings. The minimum Gasteiger partial charge on any atom is -0.508 e. The highest BCUT2D eigenvalue weighted by atomic mass is 32.2. The number of hydrogen-bond donors (Lipinski definition) is 2. The molecule has 1 aliphatic rings. The molecule has 0 unspecified atom stereocenters. The average molecular weight is 361 g/mol. The zero-order valence-electron chi connectivity index (χ0n) is 14.2. The molecular weight excluding hydrogens is 337 g/mol. The van der Waals surface area contributed by atoms with Gasteiger partial charge in [0.1, 0.15) is 11.6 Å². The number of halogens is 1. The van der Waals surface area contributed by atoms with Gasteiger partial charge in [-0.25, -0.2) is 4.39 Å². The lowest BCUT2D eigenvalue weighted by Gasteiger charge is -2.38. The van der Waals surface area contributed by atoms with Gasteiger partial charge >= 0.3 is 0 Å². The third-order valence-electron chi connectivity index (χ3n) is 4.79. The highest BCUT2D eigenvalue weighted by Gasteiger charge is 2.33. The van der Waals surface area contributed by atoms with E-state index in [0.29, 0.717) is 12.8 Å². The summed E-state index contributed by atoms with van der Waals surface area (Å²) in [6.07, 6.45) is 2.49. The Morgan fingerprint density at radius 2 is 1.64 bits per heavy atom. The Morgan fingerprint density at radius 1 is 1.00 bits per heavy atom. The van der Waals surface area contributed by atoms with Gasteiger partial charge in [-0.2, -0.15) is 0 Å². The van der Waals surface area contributed by atoms with E-state index >= 15 is 0 Å².